The van der Waals surface area contributed by atoms with E-state index in [1.807, 2.05) is 18.2 Å². The highest BCUT2D eigenvalue weighted by Gasteiger charge is 2.27. The molecule has 8 N–H and O–H groups in total. The first kappa shape index (κ1) is 33.8. The van der Waals surface area contributed by atoms with Crippen molar-refractivity contribution in [3.8, 4) is 17.4 Å². The Morgan fingerprint density at radius 3 is 2.09 bits per heavy atom. The predicted molar refractivity (Wildman–Crippen MR) is 155 cm³/mol. The number of nitrogens with one attached hydrogen (secondary N) is 2. The smallest absolute Gasteiger partial charge is 0.414 e. The summed E-state index contributed by atoms with van der Waals surface area (Å²) in [4.78, 5) is 58.1. The normalized spacial score (nSPS) is 16.2. The van der Waals surface area contributed by atoms with Crippen molar-refractivity contribution in [2.75, 3.05) is 25.0 Å². The number of hydrogen-bond donors (Lipinski definition) is 7. The van der Waals surface area contributed by atoms with Crippen molar-refractivity contribution in [1.29, 1.82) is 0 Å². The first-order valence-corrected chi connectivity index (χ1v) is 13.3. The van der Waals surface area contributed by atoms with Crippen LogP contribution in [0.5, 0.6) is 17.4 Å². The average Bonchev–Trinajstić information content (AvgIpc) is 3.47. The quantitative estimate of drug-likeness (QED) is 0.150. The minimum atomic E-state index is -1.82. The summed E-state index contributed by atoms with van der Waals surface area (Å²) in [5.41, 5.74) is 9.83. The van der Waals surface area contributed by atoms with Crippen LogP contribution in [0.15, 0.2) is 36.5 Å². The Labute approximate surface area is 254 Å². The van der Waals surface area contributed by atoms with Crippen LogP contribution in [0, 0.1) is 5.92 Å². The minimum absolute atomic E-state index is 0.0191. The predicted octanol–water partition coefficient (Wildman–Crippen LogP) is 1.55. The van der Waals surface area contributed by atoms with Gasteiger partial charge in [-0.2, -0.15) is 0 Å². The molecule has 0 spiro atoms. The van der Waals surface area contributed by atoms with Gasteiger partial charge in [-0.3, -0.25) is 9.78 Å². The second-order valence-electron chi connectivity index (χ2n) is 9.62. The molecule has 0 unspecified atom stereocenters. The molecule has 17 heteroatoms. The summed E-state index contributed by atoms with van der Waals surface area (Å²) in [6.07, 6.45) is 5.16. The van der Waals surface area contributed by atoms with E-state index in [2.05, 4.69) is 20.6 Å². The number of carboxylic acids is 4. The number of carbonyl (C=O) groups excluding carboxylic acids is 1. The fourth-order valence-corrected chi connectivity index (χ4v) is 4.42. The number of pyridine rings is 2. The average molecular weight is 630 g/mol. The third kappa shape index (κ3) is 9.65. The number of nitrogens with zero attached hydrogens (tertiary/aromatic N) is 2. The van der Waals surface area contributed by atoms with Crippen LogP contribution in [0.2, 0.25) is 0 Å². The van der Waals surface area contributed by atoms with Crippen molar-refractivity contribution in [2.45, 2.75) is 38.3 Å². The Balaban J connectivity index is 0.000000392. The molecule has 3 heterocycles. The van der Waals surface area contributed by atoms with Crippen LogP contribution in [0.3, 0.4) is 0 Å². The van der Waals surface area contributed by atoms with Gasteiger partial charge in [0.25, 0.3) is 0 Å². The lowest BCUT2D eigenvalue weighted by Gasteiger charge is -2.28. The molecule has 0 saturated heterocycles. The lowest BCUT2D eigenvalue weighted by molar-refractivity contribution is -0.159. The van der Waals surface area contributed by atoms with Crippen LogP contribution < -0.4 is 30.6 Å². The van der Waals surface area contributed by atoms with E-state index in [0.29, 0.717) is 46.6 Å². The van der Waals surface area contributed by atoms with Gasteiger partial charge in [0.2, 0.25) is 18.6 Å². The number of nitrogens with two attached hydrogens (primary N) is 1. The Hall–Kier alpha value is -5.71. The van der Waals surface area contributed by atoms with E-state index in [9.17, 15) is 4.79 Å². The van der Waals surface area contributed by atoms with E-state index in [-0.39, 0.29) is 18.6 Å². The summed E-state index contributed by atoms with van der Waals surface area (Å²) in [7, 11) is 1.57. The molecule has 1 fully saturated rings. The Kier molecular flexibility index (Phi) is 11.8. The molecule has 1 aliphatic carbocycles. The number of anilines is 2. The summed E-state index contributed by atoms with van der Waals surface area (Å²) < 4.78 is 16.0. The molecular weight excluding hydrogens is 598 g/mol. The number of methoxy groups -OCH3 is 1. The van der Waals surface area contributed by atoms with Crippen LogP contribution in [0.4, 0.5) is 11.4 Å². The summed E-state index contributed by atoms with van der Waals surface area (Å²) >= 11 is 0. The van der Waals surface area contributed by atoms with Gasteiger partial charge in [0.1, 0.15) is 5.52 Å². The number of carboxylic acid groups (broad SMARTS) is 4. The van der Waals surface area contributed by atoms with E-state index in [1.54, 1.807) is 25.4 Å². The number of amides is 1. The summed E-state index contributed by atoms with van der Waals surface area (Å²) in [6.45, 7) is 0.886. The maximum absolute atomic E-state index is 13.0. The van der Waals surface area contributed by atoms with Crippen LogP contribution >= 0.6 is 0 Å². The number of carbonyl (C=O) groups is 5. The molecule has 240 valence electrons. The lowest BCUT2D eigenvalue weighted by Crippen LogP contribution is -2.36. The van der Waals surface area contributed by atoms with Gasteiger partial charge < -0.3 is 51.0 Å². The highest BCUT2D eigenvalue weighted by Crippen LogP contribution is 2.36. The molecule has 5 rings (SSSR count). The van der Waals surface area contributed by atoms with Crippen molar-refractivity contribution in [2.24, 2.45) is 5.92 Å². The van der Waals surface area contributed by atoms with Gasteiger partial charge in [-0.25, -0.2) is 24.2 Å². The van der Waals surface area contributed by atoms with E-state index in [1.165, 1.54) is 0 Å². The Bertz CT molecular complexity index is 1530. The molecule has 45 heavy (non-hydrogen) atoms. The van der Waals surface area contributed by atoms with E-state index >= 15 is 0 Å². The fourth-order valence-electron chi connectivity index (χ4n) is 4.42. The van der Waals surface area contributed by atoms with Gasteiger partial charge in [-0.15, -0.1) is 0 Å². The SMILES string of the molecule is COc1ccc2nccc(NC(=O)C3CCC(NCc4cc5c(cc4N)OCO5)CC3)c2n1.O=C(O)C(=O)O.O=C(O)C(=O)O. The van der Waals surface area contributed by atoms with Crippen molar-refractivity contribution in [3.63, 3.8) is 0 Å². The zero-order valence-electron chi connectivity index (χ0n) is 23.9. The lowest BCUT2D eigenvalue weighted by atomic mass is 9.85. The number of ether oxygens (including phenoxy) is 3. The second kappa shape index (κ2) is 15.7. The van der Waals surface area contributed by atoms with Crippen LogP contribution in [0.1, 0.15) is 31.2 Å². The highest BCUT2D eigenvalue weighted by molar-refractivity contribution is 6.27. The first-order chi connectivity index (χ1) is 21.4. The van der Waals surface area contributed by atoms with Crippen molar-refractivity contribution < 1.29 is 58.6 Å². The molecule has 0 atom stereocenters. The standard InChI is InChI=1S/C24H27N5O4.2C2H2O4/c1-31-22-7-6-18-23(29-22)19(8-9-26-18)28-24(30)14-2-4-16(5-3-14)27-12-15-10-20-21(11-17(15)25)33-13-32-20;2*3-1(4)2(5)6/h6-11,14,16,27H,2-5,12-13,25H2,1H3,(H,26,28,30);2*(H,3,4)(H,5,6). The minimum Gasteiger partial charge on any atom is -0.481 e. The molecule has 2 aliphatic rings. The monoisotopic (exact) mass is 629 g/mol. The fraction of sp³-hybridized carbons (Fsp3) is 0.321. The number of hydrogen-bond acceptors (Lipinski definition) is 12. The number of fused-ring (bicyclic) bond motifs is 2. The largest absolute Gasteiger partial charge is 0.481 e. The molecule has 0 bridgehead atoms. The second-order valence-corrected chi connectivity index (χ2v) is 9.62. The van der Waals surface area contributed by atoms with Gasteiger partial charge >= 0.3 is 23.9 Å². The van der Waals surface area contributed by atoms with Crippen LogP contribution in [0.25, 0.3) is 11.0 Å². The van der Waals surface area contributed by atoms with Gasteiger partial charge in [-0.1, -0.05) is 0 Å². The van der Waals surface area contributed by atoms with Crippen molar-refractivity contribution in [3.05, 3.63) is 42.1 Å². The van der Waals surface area contributed by atoms with Crippen LogP contribution in [-0.4, -0.2) is 80.1 Å². The van der Waals surface area contributed by atoms with Crippen molar-refractivity contribution >= 4 is 52.2 Å². The number of benzene rings is 1. The Morgan fingerprint density at radius 1 is 0.911 bits per heavy atom. The number of nitrogen functional groups attached to an aromatic ring is 1. The molecule has 1 amide bonds. The van der Waals surface area contributed by atoms with E-state index < -0.39 is 23.9 Å². The number of rotatable bonds is 6. The maximum atomic E-state index is 13.0. The Morgan fingerprint density at radius 2 is 1.51 bits per heavy atom. The number of aromatic nitrogens is 2. The van der Waals surface area contributed by atoms with E-state index in [4.69, 9.17) is 59.5 Å². The summed E-state index contributed by atoms with van der Waals surface area (Å²) in [5, 5.41) is 36.2. The zero-order chi connectivity index (χ0) is 33.1. The van der Waals surface area contributed by atoms with Gasteiger partial charge in [0.05, 0.1) is 18.3 Å². The van der Waals surface area contributed by atoms with E-state index in [0.717, 1.165) is 37.0 Å². The molecular formula is C28H31N5O12. The highest BCUT2D eigenvalue weighted by atomic mass is 16.7. The molecule has 1 aliphatic heterocycles. The molecule has 2 aromatic heterocycles. The molecule has 3 aromatic rings. The maximum Gasteiger partial charge on any atom is 0.414 e. The molecule has 1 aromatic carbocycles. The third-order valence-electron chi connectivity index (χ3n) is 6.70. The van der Waals surface area contributed by atoms with Crippen molar-refractivity contribution in [1.82, 2.24) is 15.3 Å². The number of aliphatic carboxylic acids is 4. The molecule has 0 radical (unpaired) electrons. The topological polar surface area (TPSA) is 270 Å². The van der Waals surface area contributed by atoms with Crippen LogP contribution in [-0.2, 0) is 30.5 Å². The van der Waals surface area contributed by atoms with Gasteiger partial charge in [0.15, 0.2) is 11.5 Å². The first-order valence-electron chi connectivity index (χ1n) is 13.3. The summed E-state index contributed by atoms with van der Waals surface area (Å²) in [5.74, 6) is -5.40. The van der Waals surface area contributed by atoms with Gasteiger partial charge in [0, 0.05) is 42.5 Å². The zero-order valence-corrected chi connectivity index (χ0v) is 23.9. The third-order valence-corrected chi connectivity index (χ3v) is 6.70. The molecule has 17 nitrogen and oxygen atoms in total. The summed E-state index contributed by atoms with van der Waals surface area (Å²) in [6, 6.07) is 9.45. The molecule has 1 saturated carbocycles. The van der Waals surface area contributed by atoms with Gasteiger partial charge in [-0.05, 0) is 49.4 Å².